The lowest BCUT2D eigenvalue weighted by atomic mass is 10.3. The predicted octanol–water partition coefficient (Wildman–Crippen LogP) is 1.95. The van der Waals surface area contributed by atoms with Gasteiger partial charge < -0.3 is 5.73 Å². The van der Waals surface area contributed by atoms with Crippen LogP contribution in [0.25, 0.3) is 0 Å². The van der Waals surface area contributed by atoms with Crippen molar-refractivity contribution in [3.63, 3.8) is 0 Å². The van der Waals surface area contributed by atoms with Crippen LogP contribution in [0, 0.1) is 5.82 Å². The molecule has 1 heterocycles. The Labute approximate surface area is 108 Å². The molecule has 0 atom stereocenters. The van der Waals surface area contributed by atoms with E-state index in [0.29, 0.717) is 0 Å². The third-order valence-electron chi connectivity index (χ3n) is 2.31. The molecule has 2 aromatic rings. The van der Waals surface area contributed by atoms with Crippen LogP contribution in [-0.4, -0.2) is 8.42 Å². The third kappa shape index (κ3) is 2.87. The second kappa shape index (κ2) is 5.05. The van der Waals surface area contributed by atoms with Crippen LogP contribution in [0.1, 0.15) is 5.56 Å². The number of nitrogen functional groups attached to an aromatic ring is 1. The molecule has 7 heteroatoms. The number of halogens is 1. The Hall–Kier alpha value is -1.44. The first kappa shape index (κ1) is 13.0. The van der Waals surface area contributed by atoms with Gasteiger partial charge in [0.15, 0.2) is 0 Å². The highest BCUT2D eigenvalue weighted by atomic mass is 32.2. The average molecular weight is 286 g/mol. The van der Waals surface area contributed by atoms with E-state index < -0.39 is 15.8 Å². The zero-order valence-corrected chi connectivity index (χ0v) is 10.9. The van der Waals surface area contributed by atoms with Crippen LogP contribution in [0.15, 0.2) is 39.9 Å². The minimum Gasteiger partial charge on any atom is -0.398 e. The summed E-state index contributed by atoms with van der Waals surface area (Å²) in [4.78, 5) is -0.112. The molecule has 0 bridgehead atoms. The Balaban J connectivity index is 2.20. The molecule has 0 aliphatic heterocycles. The molecule has 18 heavy (non-hydrogen) atoms. The van der Waals surface area contributed by atoms with Crippen molar-refractivity contribution in [1.82, 2.24) is 4.72 Å². The van der Waals surface area contributed by atoms with Crippen molar-refractivity contribution in [3.05, 3.63) is 46.4 Å². The quantitative estimate of drug-likeness (QED) is 0.844. The number of rotatable bonds is 4. The first-order valence-corrected chi connectivity index (χ1v) is 7.47. The van der Waals surface area contributed by atoms with Crippen LogP contribution in [-0.2, 0) is 16.6 Å². The number of hydrogen-bond acceptors (Lipinski definition) is 4. The minimum atomic E-state index is -3.72. The van der Waals surface area contributed by atoms with Gasteiger partial charge in [-0.3, -0.25) is 0 Å². The van der Waals surface area contributed by atoms with E-state index in [1.54, 1.807) is 0 Å². The van der Waals surface area contributed by atoms with Crippen LogP contribution in [0.3, 0.4) is 0 Å². The summed E-state index contributed by atoms with van der Waals surface area (Å²) in [5, 5.41) is 3.70. The summed E-state index contributed by atoms with van der Waals surface area (Å²) in [5.41, 5.74) is 6.26. The highest BCUT2D eigenvalue weighted by molar-refractivity contribution is 7.89. The fraction of sp³-hybridized carbons (Fsp3) is 0.0909. The van der Waals surface area contributed by atoms with Gasteiger partial charge in [-0.15, -0.1) is 0 Å². The van der Waals surface area contributed by atoms with Crippen molar-refractivity contribution in [3.8, 4) is 0 Å². The second-order valence-electron chi connectivity index (χ2n) is 3.64. The van der Waals surface area contributed by atoms with Gasteiger partial charge >= 0.3 is 0 Å². The van der Waals surface area contributed by atoms with Gasteiger partial charge in [-0.1, -0.05) is 0 Å². The van der Waals surface area contributed by atoms with Gasteiger partial charge in [-0.2, -0.15) is 11.3 Å². The van der Waals surface area contributed by atoms with Crippen LogP contribution < -0.4 is 10.5 Å². The number of thiophene rings is 1. The van der Waals surface area contributed by atoms with Gasteiger partial charge in [-0.25, -0.2) is 17.5 Å². The summed E-state index contributed by atoms with van der Waals surface area (Å²) in [7, 11) is -3.72. The first-order valence-electron chi connectivity index (χ1n) is 5.05. The summed E-state index contributed by atoms with van der Waals surface area (Å²) in [6.45, 7) is 0.183. The van der Waals surface area contributed by atoms with Crippen molar-refractivity contribution in [2.24, 2.45) is 0 Å². The minimum absolute atomic E-state index is 0.104. The van der Waals surface area contributed by atoms with Crippen molar-refractivity contribution in [2.45, 2.75) is 11.4 Å². The van der Waals surface area contributed by atoms with E-state index in [0.717, 1.165) is 23.8 Å². The molecule has 2 rings (SSSR count). The summed E-state index contributed by atoms with van der Waals surface area (Å²) >= 11 is 1.48. The van der Waals surface area contributed by atoms with Gasteiger partial charge in [0.25, 0.3) is 0 Å². The smallest absolute Gasteiger partial charge is 0.242 e. The highest BCUT2D eigenvalue weighted by Crippen LogP contribution is 2.19. The van der Waals surface area contributed by atoms with E-state index in [2.05, 4.69) is 4.72 Å². The van der Waals surface area contributed by atoms with Crippen molar-refractivity contribution < 1.29 is 12.8 Å². The maximum Gasteiger partial charge on any atom is 0.242 e. The normalized spacial score (nSPS) is 11.6. The summed E-state index contributed by atoms with van der Waals surface area (Å²) in [6.07, 6.45) is 0. The molecule has 0 spiro atoms. The molecule has 0 aliphatic rings. The van der Waals surface area contributed by atoms with Gasteiger partial charge in [0.1, 0.15) is 10.7 Å². The maximum atomic E-state index is 12.9. The molecule has 96 valence electrons. The lowest BCUT2D eigenvalue weighted by molar-refractivity contribution is 0.581. The van der Waals surface area contributed by atoms with Crippen molar-refractivity contribution in [2.75, 3.05) is 5.73 Å². The lowest BCUT2D eigenvalue weighted by Gasteiger charge is -2.08. The largest absolute Gasteiger partial charge is 0.398 e. The molecule has 1 aromatic heterocycles. The Morgan fingerprint density at radius 1 is 1.33 bits per heavy atom. The van der Waals surface area contributed by atoms with Gasteiger partial charge in [0, 0.05) is 6.54 Å². The molecule has 0 radical (unpaired) electrons. The standard InChI is InChI=1S/C11H11FN2O2S2/c12-9-1-2-11(10(13)5-9)18(15,16)14-6-8-3-4-17-7-8/h1-5,7,14H,6,13H2. The molecule has 1 aromatic carbocycles. The fourth-order valence-electron chi connectivity index (χ4n) is 1.41. The third-order valence-corrected chi connectivity index (χ3v) is 4.52. The van der Waals surface area contributed by atoms with E-state index in [1.807, 2.05) is 16.8 Å². The molecule has 0 unspecified atom stereocenters. The molecule has 0 fully saturated rings. The molecule has 0 aliphatic carbocycles. The Morgan fingerprint density at radius 2 is 2.11 bits per heavy atom. The topological polar surface area (TPSA) is 72.2 Å². The van der Waals surface area contributed by atoms with E-state index in [9.17, 15) is 12.8 Å². The van der Waals surface area contributed by atoms with E-state index in [-0.39, 0.29) is 17.1 Å². The predicted molar refractivity (Wildman–Crippen MR) is 69.2 cm³/mol. The lowest BCUT2D eigenvalue weighted by Crippen LogP contribution is -2.24. The number of benzene rings is 1. The molecular formula is C11H11FN2O2S2. The number of nitrogens with one attached hydrogen (secondary N) is 1. The summed E-state index contributed by atoms with van der Waals surface area (Å²) in [6, 6.07) is 5.02. The Kier molecular flexibility index (Phi) is 3.65. The molecule has 0 saturated heterocycles. The number of anilines is 1. The van der Waals surface area contributed by atoms with Crippen molar-refractivity contribution in [1.29, 1.82) is 0 Å². The van der Waals surface area contributed by atoms with E-state index >= 15 is 0 Å². The highest BCUT2D eigenvalue weighted by Gasteiger charge is 2.17. The molecule has 0 amide bonds. The summed E-state index contributed by atoms with van der Waals surface area (Å²) in [5.74, 6) is -0.565. The zero-order valence-electron chi connectivity index (χ0n) is 9.26. The SMILES string of the molecule is Nc1cc(F)ccc1S(=O)(=O)NCc1ccsc1. The molecule has 0 saturated carbocycles. The van der Waals surface area contributed by atoms with Crippen LogP contribution >= 0.6 is 11.3 Å². The van der Waals surface area contributed by atoms with Crippen LogP contribution in [0.5, 0.6) is 0 Å². The maximum absolute atomic E-state index is 12.9. The van der Waals surface area contributed by atoms with Gasteiger partial charge in [0.05, 0.1) is 5.69 Å². The first-order chi connectivity index (χ1) is 8.49. The average Bonchev–Trinajstić information content (AvgIpc) is 2.78. The number of nitrogens with two attached hydrogens (primary N) is 1. The second-order valence-corrected chi connectivity index (χ2v) is 6.15. The zero-order chi connectivity index (χ0) is 13.2. The molecular weight excluding hydrogens is 275 g/mol. The molecule has 4 nitrogen and oxygen atoms in total. The Morgan fingerprint density at radius 3 is 2.72 bits per heavy atom. The van der Waals surface area contributed by atoms with E-state index in [1.165, 1.54) is 11.3 Å². The monoisotopic (exact) mass is 286 g/mol. The number of sulfonamides is 1. The number of hydrogen-bond donors (Lipinski definition) is 2. The summed E-state index contributed by atoms with van der Waals surface area (Å²) < 4.78 is 39.2. The van der Waals surface area contributed by atoms with E-state index in [4.69, 9.17) is 5.73 Å². The van der Waals surface area contributed by atoms with Crippen LogP contribution in [0.2, 0.25) is 0 Å². The van der Waals surface area contributed by atoms with Gasteiger partial charge in [0.2, 0.25) is 10.0 Å². The van der Waals surface area contributed by atoms with Crippen LogP contribution in [0.4, 0.5) is 10.1 Å². The molecule has 3 N–H and O–H groups in total. The van der Waals surface area contributed by atoms with Crippen molar-refractivity contribution >= 4 is 27.0 Å². The Bertz CT molecular complexity index is 639. The van der Waals surface area contributed by atoms with Gasteiger partial charge in [-0.05, 0) is 40.6 Å². The fourth-order valence-corrected chi connectivity index (χ4v) is 3.21.